The van der Waals surface area contributed by atoms with Gasteiger partial charge in [0.05, 0.1) is 17.9 Å². The fourth-order valence-electron chi connectivity index (χ4n) is 2.99. The first-order chi connectivity index (χ1) is 16.2. The number of nitrogens with zero attached hydrogens (tertiary/aromatic N) is 2. The summed E-state index contributed by atoms with van der Waals surface area (Å²) in [6.07, 6.45) is 3.03. The molecule has 1 fully saturated rings. The van der Waals surface area contributed by atoms with E-state index < -0.39 is 24.0 Å². The second-order valence-electron chi connectivity index (χ2n) is 8.61. The van der Waals surface area contributed by atoms with Gasteiger partial charge in [0, 0.05) is 18.3 Å². The number of oxime groups is 1. The summed E-state index contributed by atoms with van der Waals surface area (Å²) < 4.78 is 16.6. The molecule has 1 amide bonds. The predicted octanol–water partition coefficient (Wildman–Crippen LogP) is 4.45. The highest BCUT2D eigenvalue weighted by atomic mass is 16.8. The molecule has 0 spiro atoms. The van der Waals surface area contributed by atoms with Crippen LogP contribution in [0.25, 0.3) is 0 Å². The van der Waals surface area contributed by atoms with Crippen molar-refractivity contribution in [1.29, 1.82) is 0 Å². The summed E-state index contributed by atoms with van der Waals surface area (Å²) in [5.41, 5.74) is 0.653. The largest absolute Gasteiger partial charge is 0.487 e. The first kappa shape index (κ1) is 25.0. The van der Waals surface area contributed by atoms with Crippen molar-refractivity contribution in [1.82, 2.24) is 4.98 Å². The number of rotatable bonds is 8. The molecule has 0 bridgehead atoms. The van der Waals surface area contributed by atoms with Gasteiger partial charge in [-0.25, -0.2) is 9.59 Å². The number of aromatic carboxylic acids is 1. The molecule has 182 valence electrons. The smallest absolute Gasteiger partial charge is 0.412 e. The monoisotopic (exact) mass is 471 g/mol. The molecule has 1 aliphatic rings. The van der Waals surface area contributed by atoms with Gasteiger partial charge in [-0.3, -0.25) is 10.3 Å². The minimum Gasteiger partial charge on any atom is -0.487 e. The second kappa shape index (κ2) is 11.5. The van der Waals surface area contributed by atoms with Crippen molar-refractivity contribution in [2.24, 2.45) is 5.16 Å². The molecule has 3 rings (SSSR count). The van der Waals surface area contributed by atoms with Crippen molar-refractivity contribution in [2.45, 2.75) is 51.9 Å². The molecule has 34 heavy (non-hydrogen) atoms. The van der Waals surface area contributed by atoms with E-state index in [9.17, 15) is 14.7 Å². The second-order valence-corrected chi connectivity index (χ2v) is 8.61. The number of hydrogen-bond acceptors (Lipinski definition) is 8. The van der Waals surface area contributed by atoms with E-state index in [-0.39, 0.29) is 12.2 Å². The Morgan fingerprint density at radius 1 is 1.21 bits per heavy atom. The van der Waals surface area contributed by atoms with E-state index >= 15 is 0 Å². The number of anilines is 1. The van der Waals surface area contributed by atoms with Gasteiger partial charge in [0.1, 0.15) is 23.7 Å². The lowest BCUT2D eigenvalue weighted by Crippen LogP contribution is -2.27. The van der Waals surface area contributed by atoms with E-state index in [1.807, 2.05) is 0 Å². The van der Waals surface area contributed by atoms with E-state index in [0.29, 0.717) is 35.9 Å². The summed E-state index contributed by atoms with van der Waals surface area (Å²) in [6.45, 7) is 5.93. The third-order valence-corrected chi connectivity index (χ3v) is 4.60. The maximum absolute atomic E-state index is 11.9. The van der Waals surface area contributed by atoms with Crippen LogP contribution in [0.4, 0.5) is 10.5 Å². The van der Waals surface area contributed by atoms with Crippen LogP contribution >= 0.6 is 0 Å². The fraction of sp³-hybridized carbons (Fsp3) is 0.417. The number of carboxylic acids is 1. The highest BCUT2D eigenvalue weighted by Gasteiger charge is 2.18. The van der Waals surface area contributed by atoms with Gasteiger partial charge in [0.15, 0.2) is 0 Å². The number of pyridine rings is 1. The highest BCUT2D eigenvalue weighted by Crippen LogP contribution is 2.18. The maximum atomic E-state index is 11.9. The Morgan fingerprint density at radius 2 is 1.97 bits per heavy atom. The fourth-order valence-corrected chi connectivity index (χ4v) is 2.99. The topological polar surface area (TPSA) is 129 Å². The van der Waals surface area contributed by atoms with Crippen molar-refractivity contribution in [2.75, 3.05) is 18.5 Å². The Labute approximate surface area is 197 Å². The average molecular weight is 472 g/mol. The van der Waals surface area contributed by atoms with Crippen LogP contribution in [0, 0.1) is 0 Å². The zero-order valence-corrected chi connectivity index (χ0v) is 19.4. The van der Waals surface area contributed by atoms with Gasteiger partial charge in [-0.2, -0.15) is 0 Å². The van der Waals surface area contributed by atoms with Crippen molar-refractivity contribution in [3.8, 4) is 5.75 Å². The molecule has 1 saturated heterocycles. The van der Waals surface area contributed by atoms with Crippen LogP contribution in [0.2, 0.25) is 0 Å². The van der Waals surface area contributed by atoms with Gasteiger partial charge >= 0.3 is 12.1 Å². The third kappa shape index (κ3) is 8.04. The first-order valence-corrected chi connectivity index (χ1v) is 11.0. The summed E-state index contributed by atoms with van der Waals surface area (Å²) in [6, 6.07) is 9.50. The molecular formula is C24H29N3O7. The number of carbonyl (C=O) groups is 2. The first-order valence-electron chi connectivity index (χ1n) is 11.0. The lowest BCUT2D eigenvalue weighted by atomic mass is 10.2. The number of amides is 1. The summed E-state index contributed by atoms with van der Waals surface area (Å²) >= 11 is 0. The van der Waals surface area contributed by atoms with Crippen LogP contribution in [-0.4, -0.2) is 53.0 Å². The van der Waals surface area contributed by atoms with Gasteiger partial charge in [-0.15, -0.1) is 0 Å². The predicted molar refractivity (Wildman–Crippen MR) is 124 cm³/mol. The standard InChI is InChI=1S/C24H29N3O7/c1-24(2,3)33-23(30)26-17-7-9-18(10-8-17)32-15-20(27-34-21-6-4-5-13-31-21)19-14-16(22(28)29)11-12-25-19/h7-12,14,21H,4-6,13,15H2,1-3H3,(H,26,30)(H,28,29)/b27-20+. The average Bonchev–Trinajstić information content (AvgIpc) is 2.79. The molecule has 2 N–H and O–H groups in total. The van der Waals surface area contributed by atoms with Crippen molar-refractivity contribution in [3.63, 3.8) is 0 Å². The summed E-state index contributed by atoms with van der Waals surface area (Å²) in [5, 5.41) is 16.1. The van der Waals surface area contributed by atoms with Gasteiger partial charge in [0.25, 0.3) is 0 Å². The van der Waals surface area contributed by atoms with Crippen LogP contribution < -0.4 is 10.1 Å². The zero-order chi connectivity index (χ0) is 24.6. The number of carboxylic acid groups (broad SMARTS) is 1. The van der Waals surface area contributed by atoms with Crippen molar-refractivity contribution >= 4 is 23.5 Å². The molecule has 2 aromatic rings. The molecule has 1 aliphatic heterocycles. The molecule has 1 unspecified atom stereocenters. The Hall–Kier alpha value is -3.66. The summed E-state index contributed by atoms with van der Waals surface area (Å²) in [7, 11) is 0. The maximum Gasteiger partial charge on any atom is 0.412 e. The molecule has 0 radical (unpaired) electrons. The number of aromatic nitrogens is 1. The number of carbonyl (C=O) groups excluding carboxylic acids is 1. The third-order valence-electron chi connectivity index (χ3n) is 4.60. The van der Waals surface area contributed by atoms with Crippen LogP contribution in [0.15, 0.2) is 47.8 Å². The number of ether oxygens (including phenoxy) is 3. The van der Waals surface area contributed by atoms with Gasteiger partial charge < -0.3 is 24.2 Å². The van der Waals surface area contributed by atoms with Crippen LogP contribution in [0.1, 0.15) is 56.1 Å². The minimum atomic E-state index is -1.08. The normalized spacial score (nSPS) is 16.4. The molecule has 10 nitrogen and oxygen atoms in total. The van der Waals surface area contributed by atoms with Gasteiger partial charge in [-0.1, -0.05) is 5.16 Å². The lowest BCUT2D eigenvalue weighted by Gasteiger charge is -2.20. The van der Waals surface area contributed by atoms with Gasteiger partial charge in [-0.05, 0) is 70.0 Å². The molecule has 10 heteroatoms. The Kier molecular flexibility index (Phi) is 8.42. The van der Waals surface area contributed by atoms with Gasteiger partial charge in [0.2, 0.25) is 6.29 Å². The number of nitrogens with one attached hydrogen (secondary N) is 1. The van der Waals surface area contributed by atoms with E-state index in [1.54, 1.807) is 45.0 Å². The Bertz CT molecular complexity index is 1010. The zero-order valence-electron chi connectivity index (χ0n) is 19.4. The number of hydrogen-bond donors (Lipinski definition) is 2. The molecule has 0 saturated carbocycles. The summed E-state index contributed by atoms with van der Waals surface area (Å²) in [4.78, 5) is 33.0. The molecule has 1 aromatic heterocycles. The van der Waals surface area contributed by atoms with E-state index in [0.717, 1.165) is 12.8 Å². The molecule has 1 atom stereocenters. The highest BCUT2D eigenvalue weighted by molar-refractivity contribution is 6.01. The number of benzene rings is 1. The van der Waals surface area contributed by atoms with E-state index in [1.165, 1.54) is 18.3 Å². The Morgan fingerprint density at radius 3 is 2.62 bits per heavy atom. The van der Waals surface area contributed by atoms with Crippen LogP contribution in [0.5, 0.6) is 5.75 Å². The Balaban J connectivity index is 1.68. The molecular weight excluding hydrogens is 442 g/mol. The molecule has 0 aliphatic carbocycles. The van der Waals surface area contributed by atoms with E-state index in [4.69, 9.17) is 19.0 Å². The van der Waals surface area contributed by atoms with Crippen LogP contribution in [0.3, 0.4) is 0 Å². The van der Waals surface area contributed by atoms with Crippen molar-refractivity contribution in [3.05, 3.63) is 53.9 Å². The minimum absolute atomic E-state index is 0.0262. The lowest BCUT2D eigenvalue weighted by molar-refractivity contribution is -0.162. The molecule has 2 heterocycles. The quantitative estimate of drug-likeness (QED) is 0.427. The van der Waals surface area contributed by atoms with Crippen LogP contribution in [-0.2, 0) is 14.3 Å². The molecule has 1 aromatic carbocycles. The SMILES string of the molecule is CC(C)(C)OC(=O)Nc1ccc(OC/C(=N\OC2CCCCO2)c2cc(C(=O)O)ccn2)cc1. The summed E-state index contributed by atoms with van der Waals surface area (Å²) in [5.74, 6) is -0.570. The van der Waals surface area contributed by atoms with Crippen molar-refractivity contribution < 1.29 is 33.7 Å². The van der Waals surface area contributed by atoms with E-state index in [2.05, 4.69) is 15.5 Å².